The van der Waals surface area contributed by atoms with Gasteiger partial charge in [-0.25, -0.2) is 0 Å². The lowest BCUT2D eigenvalue weighted by atomic mass is 10.2. The van der Waals surface area contributed by atoms with Gasteiger partial charge >= 0.3 is 4.87 Å². The molecule has 0 atom stereocenters. The van der Waals surface area contributed by atoms with Crippen LogP contribution in [0.5, 0.6) is 0 Å². The van der Waals surface area contributed by atoms with E-state index in [-0.39, 0.29) is 4.87 Å². The molecule has 1 aromatic heterocycles. The zero-order valence-electron chi connectivity index (χ0n) is 8.73. The van der Waals surface area contributed by atoms with Gasteiger partial charge in [-0.2, -0.15) is 0 Å². The SMILES string of the molecule is O=c1scc(-c2ccccc2)n1CCCCl. The number of benzene rings is 1. The average Bonchev–Trinajstić information content (AvgIpc) is 2.69. The molecule has 2 nitrogen and oxygen atoms in total. The number of hydrogen-bond acceptors (Lipinski definition) is 2. The average molecular weight is 254 g/mol. The van der Waals surface area contributed by atoms with Crippen LogP contribution < -0.4 is 4.87 Å². The third kappa shape index (κ3) is 2.36. The molecular weight excluding hydrogens is 242 g/mol. The summed E-state index contributed by atoms with van der Waals surface area (Å²) in [4.78, 5) is 11.7. The van der Waals surface area contributed by atoms with Gasteiger partial charge in [0.05, 0.1) is 5.69 Å². The zero-order chi connectivity index (χ0) is 11.4. The highest BCUT2D eigenvalue weighted by Gasteiger charge is 2.07. The van der Waals surface area contributed by atoms with Crippen molar-refractivity contribution < 1.29 is 0 Å². The van der Waals surface area contributed by atoms with Crippen LogP contribution >= 0.6 is 22.9 Å². The fourth-order valence-electron chi connectivity index (χ4n) is 1.59. The first-order valence-electron chi connectivity index (χ1n) is 5.12. The quantitative estimate of drug-likeness (QED) is 0.767. The van der Waals surface area contributed by atoms with E-state index >= 15 is 0 Å². The molecule has 84 valence electrons. The number of hydrogen-bond donors (Lipinski definition) is 0. The molecule has 0 N–H and O–H groups in total. The van der Waals surface area contributed by atoms with Crippen molar-refractivity contribution in [2.75, 3.05) is 5.88 Å². The van der Waals surface area contributed by atoms with Crippen LogP contribution in [0.25, 0.3) is 11.3 Å². The predicted molar refractivity (Wildman–Crippen MR) is 69.4 cm³/mol. The van der Waals surface area contributed by atoms with Crippen molar-refractivity contribution in [3.63, 3.8) is 0 Å². The summed E-state index contributed by atoms with van der Waals surface area (Å²) in [5, 5.41) is 1.91. The molecule has 0 bridgehead atoms. The van der Waals surface area contributed by atoms with Crippen molar-refractivity contribution >= 4 is 22.9 Å². The maximum atomic E-state index is 11.7. The van der Waals surface area contributed by atoms with Crippen LogP contribution in [-0.4, -0.2) is 10.4 Å². The van der Waals surface area contributed by atoms with Crippen LogP contribution in [0.15, 0.2) is 40.5 Å². The van der Waals surface area contributed by atoms with Crippen molar-refractivity contribution in [2.24, 2.45) is 0 Å². The molecule has 0 unspecified atom stereocenters. The zero-order valence-corrected chi connectivity index (χ0v) is 10.3. The van der Waals surface area contributed by atoms with E-state index in [1.807, 2.05) is 35.7 Å². The Morgan fingerprint density at radius 3 is 2.69 bits per heavy atom. The van der Waals surface area contributed by atoms with Gasteiger partial charge in [0.25, 0.3) is 0 Å². The summed E-state index contributed by atoms with van der Waals surface area (Å²) >= 11 is 6.90. The molecule has 0 radical (unpaired) electrons. The fourth-order valence-corrected chi connectivity index (χ4v) is 2.51. The highest BCUT2D eigenvalue weighted by Crippen LogP contribution is 2.19. The second kappa shape index (κ2) is 5.32. The lowest BCUT2D eigenvalue weighted by Crippen LogP contribution is -2.14. The number of alkyl halides is 1. The van der Waals surface area contributed by atoms with Gasteiger partial charge < -0.3 is 0 Å². The van der Waals surface area contributed by atoms with Crippen LogP contribution in [-0.2, 0) is 6.54 Å². The summed E-state index contributed by atoms with van der Waals surface area (Å²) in [5.41, 5.74) is 2.07. The normalized spacial score (nSPS) is 10.6. The maximum Gasteiger partial charge on any atom is 0.307 e. The van der Waals surface area contributed by atoms with Crippen LogP contribution in [0.4, 0.5) is 0 Å². The van der Waals surface area contributed by atoms with E-state index in [1.54, 1.807) is 4.57 Å². The minimum absolute atomic E-state index is 0.0870. The second-order valence-corrected chi connectivity index (χ2v) is 4.65. The fraction of sp³-hybridized carbons (Fsp3) is 0.250. The van der Waals surface area contributed by atoms with E-state index in [1.165, 1.54) is 11.3 Å². The molecule has 1 heterocycles. The number of nitrogens with zero attached hydrogens (tertiary/aromatic N) is 1. The first-order valence-corrected chi connectivity index (χ1v) is 6.54. The van der Waals surface area contributed by atoms with Crippen molar-refractivity contribution in [1.82, 2.24) is 4.57 Å². The monoisotopic (exact) mass is 253 g/mol. The third-order valence-electron chi connectivity index (χ3n) is 2.37. The Balaban J connectivity index is 2.38. The lowest BCUT2D eigenvalue weighted by Gasteiger charge is -2.06. The number of thiazole rings is 1. The van der Waals surface area contributed by atoms with E-state index in [9.17, 15) is 4.79 Å². The molecule has 2 rings (SSSR count). The Morgan fingerprint density at radius 2 is 2.00 bits per heavy atom. The maximum absolute atomic E-state index is 11.7. The molecule has 0 aliphatic rings. The molecular formula is C12H12ClNOS. The van der Waals surface area contributed by atoms with Gasteiger partial charge in [0.1, 0.15) is 0 Å². The van der Waals surface area contributed by atoms with Gasteiger partial charge in [-0.15, -0.1) is 11.6 Å². The molecule has 0 fully saturated rings. The largest absolute Gasteiger partial charge is 0.307 e. The summed E-state index contributed by atoms with van der Waals surface area (Å²) < 4.78 is 1.79. The molecule has 0 saturated carbocycles. The van der Waals surface area contributed by atoms with Gasteiger partial charge in [-0.1, -0.05) is 41.7 Å². The molecule has 0 spiro atoms. The Bertz CT molecular complexity index is 503. The molecule has 2 aromatic rings. The highest BCUT2D eigenvalue weighted by atomic mass is 35.5. The minimum Gasteiger partial charge on any atom is -0.299 e. The molecule has 1 aromatic carbocycles. The minimum atomic E-state index is 0.0870. The Hall–Kier alpha value is -1.06. The van der Waals surface area contributed by atoms with E-state index in [0.29, 0.717) is 12.4 Å². The van der Waals surface area contributed by atoms with Gasteiger partial charge in [0.15, 0.2) is 0 Å². The van der Waals surface area contributed by atoms with Crippen LogP contribution in [0, 0.1) is 0 Å². The van der Waals surface area contributed by atoms with E-state index < -0.39 is 0 Å². The first kappa shape index (κ1) is 11.4. The van der Waals surface area contributed by atoms with Crippen LogP contribution in [0.3, 0.4) is 0 Å². The highest BCUT2D eigenvalue weighted by molar-refractivity contribution is 7.07. The van der Waals surface area contributed by atoms with Crippen molar-refractivity contribution in [1.29, 1.82) is 0 Å². The Kier molecular flexibility index (Phi) is 3.80. The first-order chi connectivity index (χ1) is 7.83. The predicted octanol–water partition coefficient (Wildman–Crippen LogP) is 3.21. The lowest BCUT2D eigenvalue weighted by molar-refractivity contribution is 0.679. The third-order valence-corrected chi connectivity index (χ3v) is 3.40. The van der Waals surface area contributed by atoms with Crippen molar-refractivity contribution in [2.45, 2.75) is 13.0 Å². The van der Waals surface area contributed by atoms with Gasteiger partial charge in [0, 0.05) is 17.8 Å². The molecule has 0 aliphatic carbocycles. The van der Waals surface area contributed by atoms with Gasteiger partial charge in [-0.05, 0) is 12.0 Å². The smallest absolute Gasteiger partial charge is 0.299 e. The topological polar surface area (TPSA) is 22.0 Å². The summed E-state index contributed by atoms with van der Waals surface area (Å²) in [6, 6.07) is 9.95. The van der Waals surface area contributed by atoms with Gasteiger partial charge in [-0.3, -0.25) is 9.36 Å². The summed E-state index contributed by atoms with van der Waals surface area (Å²) in [7, 11) is 0. The molecule has 0 saturated heterocycles. The van der Waals surface area contributed by atoms with Crippen LogP contribution in [0.1, 0.15) is 6.42 Å². The summed E-state index contributed by atoms with van der Waals surface area (Å²) in [5.74, 6) is 0.580. The number of halogens is 1. The van der Waals surface area contributed by atoms with Crippen molar-refractivity contribution in [3.8, 4) is 11.3 Å². The number of rotatable bonds is 4. The van der Waals surface area contributed by atoms with E-state index in [2.05, 4.69) is 0 Å². The second-order valence-electron chi connectivity index (χ2n) is 3.45. The molecule has 0 aliphatic heterocycles. The molecule has 16 heavy (non-hydrogen) atoms. The van der Waals surface area contributed by atoms with E-state index in [4.69, 9.17) is 11.6 Å². The molecule has 4 heteroatoms. The Labute approximate surface area is 103 Å². The van der Waals surface area contributed by atoms with Gasteiger partial charge in [0.2, 0.25) is 0 Å². The van der Waals surface area contributed by atoms with Crippen LogP contribution in [0.2, 0.25) is 0 Å². The van der Waals surface area contributed by atoms with E-state index in [0.717, 1.165) is 17.7 Å². The standard InChI is InChI=1S/C12H12ClNOS/c13-7-4-8-14-11(9-16-12(14)15)10-5-2-1-3-6-10/h1-3,5-6,9H,4,7-8H2. The Morgan fingerprint density at radius 1 is 1.25 bits per heavy atom. The van der Waals surface area contributed by atoms with Crippen molar-refractivity contribution in [3.05, 3.63) is 45.4 Å². The number of aromatic nitrogens is 1. The summed E-state index contributed by atoms with van der Waals surface area (Å²) in [6.07, 6.45) is 0.817. The molecule has 0 amide bonds. The summed E-state index contributed by atoms with van der Waals surface area (Å²) in [6.45, 7) is 0.691.